The Hall–Kier alpha value is -2.54. The van der Waals surface area contributed by atoms with Crippen LogP contribution in [0, 0.1) is 19.8 Å². The van der Waals surface area contributed by atoms with Crippen molar-refractivity contribution in [3.05, 3.63) is 57.6 Å². The molecule has 0 bridgehead atoms. The largest absolute Gasteiger partial charge is 0.493 e. The van der Waals surface area contributed by atoms with E-state index in [0.29, 0.717) is 29.6 Å². The summed E-state index contributed by atoms with van der Waals surface area (Å²) in [5, 5.41) is 0. The number of rotatable bonds is 8. The fourth-order valence-electron chi connectivity index (χ4n) is 2.46. The van der Waals surface area contributed by atoms with E-state index in [4.69, 9.17) is 9.47 Å². The van der Waals surface area contributed by atoms with Gasteiger partial charge in [-0.1, -0.05) is 41.9 Å². The van der Waals surface area contributed by atoms with E-state index in [1.807, 2.05) is 26.0 Å². The van der Waals surface area contributed by atoms with Crippen LogP contribution in [0.4, 0.5) is 0 Å². The van der Waals surface area contributed by atoms with Crippen molar-refractivity contribution < 1.29 is 19.1 Å². The Labute approximate surface area is 180 Å². The molecular weight excluding hydrogens is 436 g/mol. The number of carbonyl (C=O) groups is 2. The minimum atomic E-state index is -0.467. The number of amides is 2. The molecule has 2 aromatic carbocycles. The zero-order valence-electron chi connectivity index (χ0n) is 17.2. The topological polar surface area (TPSA) is 76.7 Å². The molecule has 0 aromatic heterocycles. The van der Waals surface area contributed by atoms with Gasteiger partial charge in [0, 0.05) is 4.47 Å². The van der Waals surface area contributed by atoms with Gasteiger partial charge in [-0.15, -0.1) is 0 Å². The van der Waals surface area contributed by atoms with Crippen LogP contribution in [0.2, 0.25) is 0 Å². The number of halogens is 1. The summed E-state index contributed by atoms with van der Waals surface area (Å²) in [6, 6.07) is 10.8. The standard InChI is InChI=1S/C22H27BrN2O4/c1-14(2)10-11-28-20-9-8-17(23)12-18(20)22(27)25-24-21(26)13-29-19-7-5-6-15(3)16(19)4/h5-9,12,14H,10-11,13H2,1-4H3,(H,24,26)(H,25,27). The maximum Gasteiger partial charge on any atom is 0.276 e. The van der Waals surface area contributed by atoms with Gasteiger partial charge in [0.15, 0.2) is 6.61 Å². The molecule has 0 spiro atoms. The predicted molar refractivity (Wildman–Crippen MR) is 116 cm³/mol. The van der Waals surface area contributed by atoms with E-state index in [1.165, 1.54) is 0 Å². The lowest BCUT2D eigenvalue weighted by Gasteiger charge is -2.14. The first kappa shape index (κ1) is 22.7. The number of aryl methyl sites for hydroxylation is 1. The van der Waals surface area contributed by atoms with E-state index >= 15 is 0 Å². The maximum atomic E-state index is 12.5. The van der Waals surface area contributed by atoms with Crippen LogP contribution >= 0.6 is 15.9 Å². The summed E-state index contributed by atoms with van der Waals surface area (Å²) in [7, 11) is 0. The average Bonchev–Trinajstić information content (AvgIpc) is 2.68. The zero-order chi connectivity index (χ0) is 21.4. The van der Waals surface area contributed by atoms with Gasteiger partial charge in [0.1, 0.15) is 11.5 Å². The highest BCUT2D eigenvalue weighted by molar-refractivity contribution is 9.10. The van der Waals surface area contributed by atoms with Crippen molar-refractivity contribution in [3.8, 4) is 11.5 Å². The minimum absolute atomic E-state index is 0.208. The van der Waals surface area contributed by atoms with Crippen LogP contribution in [0.15, 0.2) is 40.9 Å². The number of carbonyl (C=O) groups excluding carboxylic acids is 2. The highest BCUT2D eigenvalue weighted by atomic mass is 79.9. The normalized spacial score (nSPS) is 10.6. The SMILES string of the molecule is Cc1cccc(OCC(=O)NNC(=O)c2cc(Br)ccc2OCCC(C)C)c1C. The summed E-state index contributed by atoms with van der Waals surface area (Å²) in [6.45, 7) is 8.42. The Morgan fingerprint density at radius 3 is 2.52 bits per heavy atom. The predicted octanol–water partition coefficient (Wildman–Crippen LogP) is 4.33. The second-order valence-electron chi connectivity index (χ2n) is 7.16. The highest BCUT2D eigenvalue weighted by Crippen LogP contribution is 2.24. The van der Waals surface area contributed by atoms with Crippen molar-refractivity contribution in [2.24, 2.45) is 5.92 Å². The Kier molecular flexibility index (Phi) is 8.51. The van der Waals surface area contributed by atoms with Gasteiger partial charge in [-0.05, 0) is 61.6 Å². The van der Waals surface area contributed by atoms with Crippen molar-refractivity contribution in [2.75, 3.05) is 13.2 Å². The maximum absolute atomic E-state index is 12.5. The van der Waals surface area contributed by atoms with Crippen LogP contribution in [0.5, 0.6) is 11.5 Å². The van der Waals surface area contributed by atoms with Crippen molar-refractivity contribution in [1.29, 1.82) is 0 Å². The molecule has 2 rings (SSSR count). The number of hydrogen-bond donors (Lipinski definition) is 2. The van der Waals surface area contributed by atoms with Crippen molar-refractivity contribution in [2.45, 2.75) is 34.1 Å². The monoisotopic (exact) mass is 462 g/mol. The first-order chi connectivity index (χ1) is 13.8. The van der Waals surface area contributed by atoms with Crippen LogP contribution in [0.3, 0.4) is 0 Å². The zero-order valence-corrected chi connectivity index (χ0v) is 18.8. The lowest BCUT2D eigenvalue weighted by Crippen LogP contribution is -2.44. The number of benzene rings is 2. The van der Waals surface area contributed by atoms with Crippen LogP contribution in [-0.2, 0) is 4.79 Å². The molecule has 0 atom stereocenters. The summed E-state index contributed by atoms with van der Waals surface area (Å²) >= 11 is 3.36. The molecule has 0 fully saturated rings. The molecule has 2 amide bonds. The number of hydrazine groups is 1. The lowest BCUT2D eigenvalue weighted by atomic mass is 10.1. The molecule has 2 aromatic rings. The van der Waals surface area contributed by atoms with Gasteiger partial charge in [0.2, 0.25) is 0 Å². The molecule has 0 aliphatic rings. The molecule has 7 heteroatoms. The molecule has 0 aliphatic carbocycles. The minimum Gasteiger partial charge on any atom is -0.493 e. The first-order valence-corrected chi connectivity index (χ1v) is 10.3. The van der Waals surface area contributed by atoms with Crippen LogP contribution in [0.1, 0.15) is 41.8 Å². The van der Waals surface area contributed by atoms with E-state index < -0.39 is 11.8 Å². The molecule has 0 saturated carbocycles. The fourth-order valence-corrected chi connectivity index (χ4v) is 2.82. The molecule has 6 nitrogen and oxygen atoms in total. The second-order valence-corrected chi connectivity index (χ2v) is 8.08. The van der Waals surface area contributed by atoms with E-state index in [9.17, 15) is 9.59 Å². The van der Waals surface area contributed by atoms with Gasteiger partial charge in [0.05, 0.1) is 12.2 Å². The fraction of sp³-hybridized carbons (Fsp3) is 0.364. The molecule has 156 valence electrons. The average molecular weight is 463 g/mol. The van der Waals surface area contributed by atoms with Gasteiger partial charge in [-0.2, -0.15) is 0 Å². The van der Waals surface area contributed by atoms with E-state index in [1.54, 1.807) is 24.3 Å². The van der Waals surface area contributed by atoms with Crippen LogP contribution in [-0.4, -0.2) is 25.0 Å². The highest BCUT2D eigenvalue weighted by Gasteiger charge is 2.15. The third-order valence-corrected chi connectivity index (χ3v) is 4.86. The quantitative estimate of drug-likeness (QED) is 0.572. The Balaban J connectivity index is 1.91. The molecule has 0 saturated heterocycles. The number of ether oxygens (including phenoxy) is 2. The van der Waals surface area contributed by atoms with E-state index in [2.05, 4.69) is 40.6 Å². The summed E-state index contributed by atoms with van der Waals surface area (Å²) < 4.78 is 12.0. The van der Waals surface area contributed by atoms with Crippen LogP contribution in [0.25, 0.3) is 0 Å². The molecule has 29 heavy (non-hydrogen) atoms. The Morgan fingerprint density at radius 2 is 1.79 bits per heavy atom. The molecule has 2 N–H and O–H groups in total. The van der Waals surface area contributed by atoms with Gasteiger partial charge >= 0.3 is 0 Å². The van der Waals surface area contributed by atoms with Crippen molar-refractivity contribution in [3.63, 3.8) is 0 Å². The Morgan fingerprint density at radius 1 is 1.03 bits per heavy atom. The third-order valence-electron chi connectivity index (χ3n) is 4.37. The van der Waals surface area contributed by atoms with Gasteiger partial charge < -0.3 is 9.47 Å². The van der Waals surface area contributed by atoms with Crippen molar-refractivity contribution in [1.82, 2.24) is 10.9 Å². The number of nitrogens with one attached hydrogen (secondary N) is 2. The smallest absolute Gasteiger partial charge is 0.276 e. The Bertz CT molecular complexity index is 868. The van der Waals surface area contributed by atoms with Gasteiger partial charge in [0.25, 0.3) is 11.8 Å². The lowest BCUT2D eigenvalue weighted by molar-refractivity contribution is -0.123. The summed E-state index contributed by atoms with van der Waals surface area (Å²) in [5.41, 5.74) is 7.17. The first-order valence-electron chi connectivity index (χ1n) is 9.48. The van der Waals surface area contributed by atoms with E-state index in [0.717, 1.165) is 22.0 Å². The van der Waals surface area contributed by atoms with Crippen LogP contribution < -0.4 is 20.3 Å². The summed E-state index contributed by atoms with van der Waals surface area (Å²) in [6.07, 6.45) is 0.879. The number of hydrogen-bond acceptors (Lipinski definition) is 4. The van der Waals surface area contributed by atoms with Crippen molar-refractivity contribution >= 4 is 27.7 Å². The molecule has 0 radical (unpaired) electrons. The second kappa shape index (κ2) is 10.9. The summed E-state index contributed by atoms with van der Waals surface area (Å²) in [4.78, 5) is 24.6. The molecule has 0 heterocycles. The third kappa shape index (κ3) is 7.09. The van der Waals surface area contributed by atoms with E-state index in [-0.39, 0.29) is 6.61 Å². The molecule has 0 aliphatic heterocycles. The van der Waals surface area contributed by atoms with Gasteiger partial charge in [-0.3, -0.25) is 20.4 Å². The molecule has 0 unspecified atom stereocenters. The van der Waals surface area contributed by atoms with Gasteiger partial charge in [-0.25, -0.2) is 0 Å². The molecular formula is C22H27BrN2O4. The summed E-state index contributed by atoms with van der Waals surface area (Å²) in [5.74, 6) is 0.674.